The lowest BCUT2D eigenvalue weighted by atomic mass is 10.1. The Bertz CT molecular complexity index is 759. The fraction of sp³-hybridized carbons (Fsp3) is 0.318. The Morgan fingerprint density at radius 3 is 2.15 bits per heavy atom. The van der Waals surface area contributed by atoms with Gasteiger partial charge in [-0.05, 0) is 36.1 Å². The predicted molar refractivity (Wildman–Crippen MR) is 103 cm³/mol. The number of hydrogen-bond donors (Lipinski definition) is 0. The van der Waals surface area contributed by atoms with Crippen molar-refractivity contribution in [3.05, 3.63) is 59.7 Å². The number of anilines is 2. The van der Waals surface area contributed by atoms with Crippen molar-refractivity contribution in [3.8, 4) is 0 Å². The maximum atomic E-state index is 13.1. The molecule has 0 atom stereocenters. The summed E-state index contributed by atoms with van der Waals surface area (Å²) in [6.45, 7) is 1.94. The zero-order valence-electron chi connectivity index (χ0n) is 14.8. The summed E-state index contributed by atoms with van der Waals surface area (Å²) in [4.78, 5) is 14.9. The van der Waals surface area contributed by atoms with E-state index in [1.54, 1.807) is 0 Å². The molecule has 4 rings (SSSR count). The minimum atomic E-state index is 0.0562. The van der Waals surface area contributed by atoms with E-state index in [1.165, 1.54) is 0 Å². The number of fused-ring (bicyclic) bond motifs is 2. The molecular weight excluding hydrogens is 326 g/mol. The molecule has 0 spiro atoms. The van der Waals surface area contributed by atoms with Gasteiger partial charge in [-0.25, -0.2) is 0 Å². The second-order valence-electron chi connectivity index (χ2n) is 6.61. The SMILES string of the molecule is O=C(CCOC1CCOCC1)N1c2ccccc2C=Cc2ccccc21. The van der Waals surface area contributed by atoms with Crippen LogP contribution in [0.2, 0.25) is 0 Å². The number of para-hydroxylation sites is 2. The van der Waals surface area contributed by atoms with Crippen molar-refractivity contribution in [1.29, 1.82) is 0 Å². The first-order chi connectivity index (χ1) is 12.8. The van der Waals surface area contributed by atoms with E-state index < -0.39 is 0 Å². The maximum Gasteiger partial charge on any atom is 0.233 e. The molecule has 0 unspecified atom stereocenters. The monoisotopic (exact) mass is 349 g/mol. The van der Waals surface area contributed by atoms with Gasteiger partial charge in [-0.15, -0.1) is 0 Å². The van der Waals surface area contributed by atoms with Crippen LogP contribution in [0.3, 0.4) is 0 Å². The summed E-state index contributed by atoms with van der Waals surface area (Å²) in [5, 5.41) is 0. The van der Waals surface area contributed by atoms with Gasteiger partial charge in [-0.3, -0.25) is 9.69 Å². The summed E-state index contributed by atoms with van der Waals surface area (Å²) in [5.74, 6) is 0.0562. The molecule has 2 aromatic rings. The second kappa shape index (κ2) is 7.85. The summed E-state index contributed by atoms with van der Waals surface area (Å²) in [6.07, 6.45) is 6.53. The van der Waals surface area contributed by atoms with E-state index >= 15 is 0 Å². The van der Waals surface area contributed by atoms with Gasteiger partial charge in [0, 0.05) is 13.2 Å². The van der Waals surface area contributed by atoms with E-state index in [1.807, 2.05) is 53.4 Å². The van der Waals surface area contributed by atoms with E-state index in [0.717, 1.165) is 48.6 Å². The van der Waals surface area contributed by atoms with Gasteiger partial charge < -0.3 is 9.47 Å². The number of benzene rings is 2. The number of amides is 1. The fourth-order valence-electron chi connectivity index (χ4n) is 3.51. The van der Waals surface area contributed by atoms with Crippen LogP contribution in [0.25, 0.3) is 12.2 Å². The van der Waals surface area contributed by atoms with Gasteiger partial charge in [0.15, 0.2) is 0 Å². The third-order valence-corrected chi connectivity index (χ3v) is 4.88. The molecule has 4 heteroatoms. The number of hydrogen-bond acceptors (Lipinski definition) is 3. The molecule has 4 nitrogen and oxygen atoms in total. The van der Waals surface area contributed by atoms with Crippen LogP contribution < -0.4 is 4.90 Å². The summed E-state index contributed by atoms with van der Waals surface area (Å²) in [7, 11) is 0. The lowest BCUT2D eigenvalue weighted by Crippen LogP contribution is -2.29. The number of ether oxygens (including phenoxy) is 2. The van der Waals surface area contributed by atoms with Gasteiger partial charge in [-0.1, -0.05) is 48.6 Å². The summed E-state index contributed by atoms with van der Waals surface area (Å²) >= 11 is 0. The van der Waals surface area contributed by atoms with E-state index in [-0.39, 0.29) is 12.0 Å². The molecule has 1 saturated heterocycles. The molecule has 0 radical (unpaired) electrons. The van der Waals surface area contributed by atoms with Gasteiger partial charge in [-0.2, -0.15) is 0 Å². The van der Waals surface area contributed by atoms with Crippen LogP contribution in [0, 0.1) is 0 Å². The first kappa shape index (κ1) is 17.0. The summed E-state index contributed by atoms with van der Waals surface area (Å²) < 4.78 is 11.3. The molecule has 0 aromatic heterocycles. The van der Waals surface area contributed by atoms with Crippen LogP contribution in [0.4, 0.5) is 11.4 Å². The van der Waals surface area contributed by atoms with Crippen molar-refractivity contribution in [2.45, 2.75) is 25.4 Å². The first-order valence-electron chi connectivity index (χ1n) is 9.21. The normalized spacial score (nSPS) is 16.7. The van der Waals surface area contributed by atoms with Gasteiger partial charge >= 0.3 is 0 Å². The minimum absolute atomic E-state index is 0.0562. The molecule has 2 aromatic carbocycles. The number of carbonyl (C=O) groups is 1. The van der Waals surface area contributed by atoms with E-state index in [9.17, 15) is 4.79 Å². The average Bonchev–Trinajstić information content (AvgIpc) is 2.85. The zero-order valence-corrected chi connectivity index (χ0v) is 14.8. The molecule has 1 amide bonds. The van der Waals surface area contributed by atoms with Gasteiger partial charge in [0.2, 0.25) is 5.91 Å². The molecular formula is C22H23NO3. The molecule has 0 N–H and O–H groups in total. The fourth-order valence-corrected chi connectivity index (χ4v) is 3.51. The Morgan fingerprint density at radius 2 is 1.54 bits per heavy atom. The third-order valence-electron chi connectivity index (χ3n) is 4.88. The highest BCUT2D eigenvalue weighted by Gasteiger charge is 2.24. The molecule has 1 fully saturated rings. The maximum absolute atomic E-state index is 13.1. The van der Waals surface area contributed by atoms with Gasteiger partial charge in [0.05, 0.1) is 30.5 Å². The van der Waals surface area contributed by atoms with Crippen LogP contribution in [0.15, 0.2) is 48.5 Å². The first-order valence-corrected chi connectivity index (χ1v) is 9.21. The standard InChI is InChI=1S/C22H23NO3/c24-22(13-16-26-19-11-14-25-15-12-19)23-20-7-3-1-5-17(20)9-10-18-6-2-4-8-21(18)23/h1-10,19H,11-16H2. The van der Waals surface area contributed by atoms with Crippen molar-refractivity contribution < 1.29 is 14.3 Å². The van der Waals surface area contributed by atoms with Crippen molar-refractivity contribution in [2.24, 2.45) is 0 Å². The molecule has 0 aliphatic carbocycles. The lowest BCUT2D eigenvalue weighted by Gasteiger charge is -2.26. The average molecular weight is 349 g/mol. The van der Waals surface area contributed by atoms with Gasteiger partial charge in [0.25, 0.3) is 0 Å². The zero-order chi connectivity index (χ0) is 17.8. The smallest absolute Gasteiger partial charge is 0.233 e. The molecule has 26 heavy (non-hydrogen) atoms. The Morgan fingerprint density at radius 1 is 0.962 bits per heavy atom. The third kappa shape index (κ3) is 3.57. The van der Waals surface area contributed by atoms with Gasteiger partial charge in [0.1, 0.15) is 0 Å². The molecule has 2 aliphatic heterocycles. The minimum Gasteiger partial charge on any atom is -0.381 e. The molecule has 2 aliphatic rings. The molecule has 0 bridgehead atoms. The van der Waals surface area contributed by atoms with Crippen LogP contribution in [-0.2, 0) is 14.3 Å². The Labute approximate surface area is 154 Å². The highest BCUT2D eigenvalue weighted by atomic mass is 16.5. The topological polar surface area (TPSA) is 38.8 Å². The van der Waals surface area contributed by atoms with Crippen molar-refractivity contribution in [3.63, 3.8) is 0 Å². The number of nitrogens with zero attached hydrogens (tertiary/aromatic N) is 1. The Balaban J connectivity index is 1.54. The second-order valence-corrected chi connectivity index (χ2v) is 6.61. The summed E-state index contributed by atoms with van der Waals surface area (Å²) in [5.41, 5.74) is 3.93. The van der Waals surface area contributed by atoms with Crippen molar-refractivity contribution >= 4 is 29.4 Å². The Kier molecular flexibility index (Phi) is 5.14. The van der Waals surface area contributed by atoms with E-state index in [2.05, 4.69) is 12.2 Å². The van der Waals surface area contributed by atoms with E-state index in [4.69, 9.17) is 9.47 Å². The molecule has 134 valence electrons. The number of rotatable bonds is 4. The van der Waals surface area contributed by atoms with Crippen LogP contribution in [0.1, 0.15) is 30.4 Å². The quantitative estimate of drug-likeness (QED) is 0.820. The van der Waals surface area contributed by atoms with Crippen LogP contribution in [0.5, 0.6) is 0 Å². The van der Waals surface area contributed by atoms with E-state index in [0.29, 0.717) is 13.0 Å². The van der Waals surface area contributed by atoms with Crippen LogP contribution in [-0.4, -0.2) is 31.8 Å². The molecule has 2 heterocycles. The molecule has 0 saturated carbocycles. The van der Waals surface area contributed by atoms with Crippen molar-refractivity contribution in [1.82, 2.24) is 0 Å². The van der Waals surface area contributed by atoms with Crippen LogP contribution >= 0.6 is 0 Å². The van der Waals surface area contributed by atoms with Crippen molar-refractivity contribution in [2.75, 3.05) is 24.7 Å². The lowest BCUT2D eigenvalue weighted by molar-refractivity contribution is -0.120. The largest absolute Gasteiger partial charge is 0.381 e. The predicted octanol–water partition coefficient (Wildman–Crippen LogP) is 4.42. The highest BCUT2D eigenvalue weighted by Crippen LogP contribution is 2.36. The number of carbonyl (C=O) groups excluding carboxylic acids is 1. The Hall–Kier alpha value is -2.43. The highest BCUT2D eigenvalue weighted by molar-refractivity contribution is 6.06. The summed E-state index contributed by atoms with van der Waals surface area (Å²) in [6, 6.07) is 16.0.